The lowest BCUT2D eigenvalue weighted by atomic mass is 10.0. The molecular formula is C16H23N2O2+. The summed E-state index contributed by atoms with van der Waals surface area (Å²) in [7, 11) is 6.36. The smallest absolute Gasteiger partial charge is 0.419 e. The summed E-state index contributed by atoms with van der Waals surface area (Å²) in [5.74, 6) is 0. The monoisotopic (exact) mass is 275 g/mol. The van der Waals surface area contributed by atoms with Crippen LogP contribution in [0, 0.1) is 0 Å². The molecule has 20 heavy (non-hydrogen) atoms. The highest BCUT2D eigenvalue weighted by molar-refractivity contribution is 5.95. The zero-order valence-electron chi connectivity index (χ0n) is 12.9. The Morgan fingerprint density at radius 1 is 1.20 bits per heavy atom. The van der Waals surface area contributed by atoms with Crippen LogP contribution in [0.1, 0.15) is 13.8 Å². The van der Waals surface area contributed by atoms with E-state index < -0.39 is 5.60 Å². The van der Waals surface area contributed by atoms with Gasteiger partial charge in [-0.2, -0.15) is 0 Å². The molecule has 1 heterocycles. The minimum atomic E-state index is -0.595. The second-order valence-electron chi connectivity index (χ2n) is 6.61. The molecule has 2 rings (SSSR count). The van der Waals surface area contributed by atoms with Crippen molar-refractivity contribution in [2.45, 2.75) is 19.4 Å². The summed E-state index contributed by atoms with van der Waals surface area (Å²) in [6.45, 7) is 4.68. The molecule has 0 radical (unpaired) electrons. The average molecular weight is 275 g/mol. The highest BCUT2D eigenvalue weighted by Crippen LogP contribution is 2.36. The molecule has 1 aliphatic rings. The molecule has 1 aliphatic heterocycles. The summed E-state index contributed by atoms with van der Waals surface area (Å²) in [6, 6.07) is 9.62. The normalized spacial score (nSPS) is 20.4. The number of hydrogen-bond donors (Lipinski definition) is 0. The molecule has 1 saturated heterocycles. The standard InChI is InChI=1S/C16H23N2O2/c1-16(2)14(11-12-18(3,4)5)17(15(19)20-16)13-9-7-6-8-10-13/h6-11H,12H2,1-5H3/q+1/b14-11-. The van der Waals surface area contributed by atoms with Crippen molar-refractivity contribution in [3.63, 3.8) is 0 Å². The lowest BCUT2D eigenvalue weighted by Crippen LogP contribution is -2.36. The first-order valence-electron chi connectivity index (χ1n) is 6.80. The minimum absolute atomic E-state index is 0.311. The summed E-state index contributed by atoms with van der Waals surface area (Å²) < 4.78 is 6.31. The average Bonchev–Trinajstić information content (AvgIpc) is 2.56. The molecule has 0 aliphatic carbocycles. The number of cyclic esters (lactones) is 1. The molecule has 1 amide bonds. The van der Waals surface area contributed by atoms with Gasteiger partial charge in [0.25, 0.3) is 0 Å². The summed E-state index contributed by atoms with van der Waals surface area (Å²) in [6.07, 6.45) is 1.78. The first kappa shape index (κ1) is 14.6. The molecule has 4 nitrogen and oxygen atoms in total. The molecule has 0 atom stereocenters. The molecule has 108 valence electrons. The number of nitrogens with zero attached hydrogens (tertiary/aromatic N) is 2. The Morgan fingerprint density at radius 3 is 2.35 bits per heavy atom. The molecule has 1 aromatic rings. The van der Waals surface area contributed by atoms with Crippen molar-refractivity contribution in [3.05, 3.63) is 42.1 Å². The Balaban J connectivity index is 2.40. The third kappa shape index (κ3) is 3.02. The van der Waals surface area contributed by atoms with Gasteiger partial charge in [-0.1, -0.05) is 18.2 Å². The number of amides is 1. The van der Waals surface area contributed by atoms with Crippen LogP contribution >= 0.6 is 0 Å². The van der Waals surface area contributed by atoms with E-state index in [4.69, 9.17) is 4.74 Å². The van der Waals surface area contributed by atoms with E-state index >= 15 is 0 Å². The van der Waals surface area contributed by atoms with Gasteiger partial charge in [-0.3, -0.25) is 0 Å². The highest BCUT2D eigenvalue weighted by atomic mass is 16.6. The molecule has 1 aromatic carbocycles. The predicted molar refractivity (Wildman–Crippen MR) is 80.5 cm³/mol. The van der Waals surface area contributed by atoms with Gasteiger partial charge in [0.15, 0.2) is 0 Å². The number of hydrogen-bond acceptors (Lipinski definition) is 2. The van der Waals surface area contributed by atoms with Crippen molar-refractivity contribution in [1.82, 2.24) is 0 Å². The molecule has 0 unspecified atom stereocenters. The maximum Gasteiger partial charge on any atom is 0.419 e. The fourth-order valence-electron chi connectivity index (χ4n) is 2.20. The molecule has 0 bridgehead atoms. The van der Waals surface area contributed by atoms with Crippen LogP contribution in [0.2, 0.25) is 0 Å². The van der Waals surface area contributed by atoms with Gasteiger partial charge in [-0.25, -0.2) is 9.69 Å². The topological polar surface area (TPSA) is 29.5 Å². The molecular weight excluding hydrogens is 252 g/mol. The van der Waals surface area contributed by atoms with E-state index in [1.807, 2.05) is 44.2 Å². The van der Waals surface area contributed by atoms with Crippen LogP contribution in [-0.4, -0.2) is 43.9 Å². The van der Waals surface area contributed by atoms with Gasteiger partial charge < -0.3 is 9.22 Å². The predicted octanol–water partition coefficient (Wildman–Crippen LogP) is 3.01. The van der Waals surface area contributed by atoms with E-state index in [0.717, 1.165) is 22.4 Å². The van der Waals surface area contributed by atoms with E-state index in [-0.39, 0.29) is 6.09 Å². The van der Waals surface area contributed by atoms with E-state index in [9.17, 15) is 4.79 Å². The third-order valence-corrected chi connectivity index (χ3v) is 3.23. The number of para-hydroxylation sites is 1. The van der Waals surface area contributed by atoms with Gasteiger partial charge in [0.2, 0.25) is 0 Å². The van der Waals surface area contributed by atoms with Gasteiger partial charge in [0, 0.05) is 0 Å². The summed E-state index contributed by atoms with van der Waals surface area (Å²) in [5, 5.41) is 0. The summed E-state index contributed by atoms with van der Waals surface area (Å²) in [5.41, 5.74) is 1.15. The van der Waals surface area contributed by atoms with Crippen molar-refractivity contribution in [1.29, 1.82) is 0 Å². The number of likely N-dealkylation sites (N-methyl/N-ethyl adjacent to an activating group) is 1. The number of carbonyl (C=O) groups is 1. The van der Waals surface area contributed by atoms with Crippen LogP contribution in [0.5, 0.6) is 0 Å². The lowest BCUT2D eigenvalue weighted by Gasteiger charge is -2.25. The largest absolute Gasteiger partial charge is 0.436 e. The number of quaternary nitrogens is 1. The van der Waals surface area contributed by atoms with Gasteiger partial charge in [0.1, 0.15) is 5.60 Å². The van der Waals surface area contributed by atoms with Crippen LogP contribution < -0.4 is 4.90 Å². The van der Waals surface area contributed by atoms with E-state index in [1.54, 1.807) is 4.90 Å². The Hall–Kier alpha value is -1.81. The molecule has 4 heteroatoms. The van der Waals surface area contributed by atoms with Crippen LogP contribution in [0.25, 0.3) is 0 Å². The van der Waals surface area contributed by atoms with E-state index in [1.165, 1.54) is 0 Å². The number of benzene rings is 1. The first-order chi connectivity index (χ1) is 9.21. The van der Waals surface area contributed by atoms with Gasteiger partial charge in [-0.05, 0) is 32.1 Å². The van der Waals surface area contributed by atoms with Gasteiger partial charge in [0.05, 0.1) is 39.1 Å². The van der Waals surface area contributed by atoms with Crippen LogP contribution in [0.15, 0.2) is 42.1 Å². The molecule has 0 saturated carbocycles. The van der Waals surface area contributed by atoms with Gasteiger partial charge in [-0.15, -0.1) is 0 Å². The number of anilines is 1. The van der Waals surface area contributed by atoms with Crippen molar-refractivity contribution in [3.8, 4) is 0 Å². The fraction of sp³-hybridized carbons (Fsp3) is 0.438. The Morgan fingerprint density at radius 2 is 1.80 bits per heavy atom. The highest BCUT2D eigenvalue weighted by Gasteiger charge is 2.44. The van der Waals surface area contributed by atoms with Crippen molar-refractivity contribution in [2.24, 2.45) is 0 Å². The second-order valence-corrected chi connectivity index (χ2v) is 6.61. The maximum absolute atomic E-state index is 12.2. The van der Waals surface area contributed by atoms with Crippen molar-refractivity contribution >= 4 is 11.8 Å². The maximum atomic E-state index is 12.2. The zero-order chi connectivity index (χ0) is 15.0. The Kier molecular flexibility index (Phi) is 3.61. The SMILES string of the molecule is CC1(C)OC(=O)N(c2ccccc2)/C1=C\C[N+](C)(C)C. The Labute approximate surface area is 120 Å². The summed E-state index contributed by atoms with van der Waals surface area (Å²) in [4.78, 5) is 13.8. The van der Waals surface area contributed by atoms with E-state index in [0.29, 0.717) is 0 Å². The molecule has 1 fully saturated rings. The van der Waals surface area contributed by atoms with Crippen LogP contribution in [-0.2, 0) is 4.74 Å². The minimum Gasteiger partial charge on any atom is -0.436 e. The lowest BCUT2D eigenvalue weighted by molar-refractivity contribution is -0.864. The van der Waals surface area contributed by atoms with Gasteiger partial charge >= 0.3 is 6.09 Å². The third-order valence-electron chi connectivity index (χ3n) is 3.23. The van der Waals surface area contributed by atoms with Crippen molar-refractivity contribution < 1.29 is 14.0 Å². The first-order valence-corrected chi connectivity index (χ1v) is 6.80. The molecule has 0 N–H and O–H groups in total. The number of ether oxygens (including phenoxy) is 1. The number of rotatable bonds is 3. The molecule has 0 spiro atoms. The second kappa shape index (κ2) is 4.94. The van der Waals surface area contributed by atoms with E-state index in [2.05, 4.69) is 27.2 Å². The quantitative estimate of drug-likeness (QED) is 0.794. The molecule has 0 aromatic heterocycles. The summed E-state index contributed by atoms with van der Waals surface area (Å²) >= 11 is 0. The number of carbonyl (C=O) groups excluding carboxylic acids is 1. The zero-order valence-corrected chi connectivity index (χ0v) is 12.9. The van der Waals surface area contributed by atoms with Crippen molar-refractivity contribution in [2.75, 3.05) is 32.6 Å². The van der Waals surface area contributed by atoms with Crippen LogP contribution in [0.4, 0.5) is 10.5 Å². The Bertz CT molecular complexity index is 527. The fourth-order valence-corrected chi connectivity index (χ4v) is 2.20. The van der Waals surface area contributed by atoms with Crippen LogP contribution in [0.3, 0.4) is 0 Å².